The molecule has 3 heteroatoms. The van der Waals surface area contributed by atoms with Crippen molar-refractivity contribution in [3.63, 3.8) is 0 Å². The van der Waals surface area contributed by atoms with Gasteiger partial charge in [0.1, 0.15) is 0 Å². The normalized spacial score (nSPS) is 18.1. The van der Waals surface area contributed by atoms with Crippen molar-refractivity contribution >= 4 is 11.6 Å². The second kappa shape index (κ2) is 5.85. The molecule has 1 aromatic rings. The third-order valence-corrected chi connectivity index (χ3v) is 3.96. The maximum absolute atomic E-state index is 10.1. The van der Waals surface area contributed by atoms with Crippen molar-refractivity contribution in [2.75, 3.05) is 13.6 Å². The van der Waals surface area contributed by atoms with Gasteiger partial charge >= 0.3 is 0 Å². The van der Waals surface area contributed by atoms with Gasteiger partial charge in [-0.3, -0.25) is 0 Å². The van der Waals surface area contributed by atoms with E-state index in [1.807, 2.05) is 24.3 Å². The summed E-state index contributed by atoms with van der Waals surface area (Å²) in [4.78, 5) is 2.36. The predicted molar refractivity (Wildman–Crippen MR) is 71.3 cm³/mol. The van der Waals surface area contributed by atoms with E-state index in [0.29, 0.717) is 5.02 Å². The Hall–Kier alpha value is -0.570. The van der Waals surface area contributed by atoms with Crippen LogP contribution in [0.4, 0.5) is 0 Å². The van der Waals surface area contributed by atoms with E-state index in [0.717, 1.165) is 24.6 Å². The Kier molecular flexibility index (Phi) is 4.43. The van der Waals surface area contributed by atoms with Gasteiger partial charge in [-0.25, -0.2) is 0 Å². The fourth-order valence-corrected chi connectivity index (χ4v) is 2.31. The van der Waals surface area contributed by atoms with Crippen LogP contribution >= 0.6 is 11.6 Å². The number of hydrogen-bond donors (Lipinski definition) is 1. The molecule has 1 aliphatic rings. The average Bonchev–Trinajstić information content (AvgIpc) is 2.24. The van der Waals surface area contributed by atoms with Crippen LogP contribution in [-0.2, 0) is 0 Å². The zero-order valence-electron chi connectivity index (χ0n) is 10.3. The smallest absolute Gasteiger partial charge is 0.0802 e. The Bertz CT molecular complexity index is 348. The number of nitrogens with zero attached hydrogens (tertiary/aromatic N) is 1. The van der Waals surface area contributed by atoms with Crippen LogP contribution in [0.5, 0.6) is 0 Å². The van der Waals surface area contributed by atoms with Crippen LogP contribution in [0, 0.1) is 0 Å². The van der Waals surface area contributed by atoms with Crippen molar-refractivity contribution in [3.05, 3.63) is 34.9 Å². The molecule has 17 heavy (non-hydrogen) atoms. The van der Waals surface area contributed by atoms with Crippen LogP contribution < -0.4 is 0 Å². The topological polar surface area (TPSA) is 23.5 Å². The van der Waals surface area contributed by atoms with Crippen molar-refractivity contribution in [3.8, 4) is 0 Å². The lowest BCUT2D eigenvalue weighted by Gasteiger charge is -2.35. The van der Waals surface area contributed by atoms with Crippen molar-refractivity contribution in [1.29, 1.82) is 0 Å². The summed E-state index contributed by atoms with van der Waals surface area (Å²) in [6.45, 7) is 0.953. The minimum absolute atomic E-state index is 0.380. The Morgan fingerprint density at radius 1 is 1.35 bits per heavy atom. The number of aliphatic hydroxyl groups is 1. The van der Waals surface area contributed by atoms with Crippen molar-refractivity contribution in [2.45, 2.75) is 37.8 Å². The van der Waals surface area contributed by atoms with E-state index in [1.54, 1.807) is 0 Å². The second-order valence-electron chi connectivity index (χ2n) is 4.92. The van der Waals surface area contributed by atoms with E-state index in [4.69, 9.17) is 11.6 Å². The molecule has 1 saturated carbocycles. The average molecular weight is 254 g/mol. The Morgan fingerprint density at radius 2 is 2.00 bits per heavy atom. The second-order valence-corrected chi connectivity index (χ2v) is 5.36. The lowest BCUT2D eigenvalue weighted by Crippen LogP contribution is -2.38. The molecule has 1 fully saturated rings. The summed E-state index contributed by atoms with van der Waals surface area (Å²) < 4.78 is 0. The van der Waals surface area contributed by atoms with E-state index >= 15 is 0 Å². The molecule has 0 spiro atoms. The fraction of sp³-hybridized carbons (Fsp3) is 0.571. The largest absolute Gasteiger partial charge is 0.388 e. The quantitative estimate of drug-likeness (QED) is 0.871. The molecule has 0 aromatic heterocycles. The van der Waals surface area contributed by atoms with Gasteiger partial charge in [0.05, 0.1) is 6.10 Å². The van der Waals surface area contributed by atoms with Crippen molar-refractivity contribution < 1.29 is 5.11 Å². The fourth-order valence-electron chi connectivity index (χ4n) is 2.19. The first kappa shape index (κ1) is 12.9. The van der Waals surface area contributed by atoms with Gasteiger partial charge in [0, 0.05) is 17.6 Å². The highest BCUT2D eigenvalue weighted by Crippen LogP contribution is 2.25. The number of benzene rings is 1. The van der Waals surface area contributed by atoms with Crippen LogP contribution in [0.1, 0.15) is 37.4 Å². The Morgan fingerprint density at radius 3 is 2.53 bits per heavy atom. The molecule has 2 rings (SSSR count). The van der Waals surface area contributed by atoms with Crippen LogP contribution in [0.3, 0.4) is 0 Å². The number of aliphatic hydroxyl groups excluding tert-OH is 1. The molecule has 0 heterocycles. The van der Waals surface area contributed by atoms with Crippen LogP contribution in [0.25, 0.3) is 0 Å². The van der Waals surface area contributed by atoms with E-state index in [-0.39, 0.29) is 6.10 Å². The summed E-state index contributed by atoms with van der Waals surface area (Å²) in [5.41, 5.74) is 0.955. The van der Waals surface area contributed by atoms with E-state index in [9.17, 15) is 5.11 Å². The monoisotopic (exact) mass is 253 g/mol. The van der Waals surface area contributed by atoms with Gasteiger partial charge in [0.25, 0.3) is 0 Å². The minimum atomic E-state index is -0.380. The molecule has 0 radical (unpaired) electrons. The summed E-state index contributed by atoms with van der Waals surface area (Å²) in [5, 5.41) is 10.8. The van der Waals surface area contributed by atoms with Gasteiger partial charge in [0.15, 0.2) is 0 Å². The highest BCUT2D eigenvalue weighted by molar-refractivity contribution is 6.30. The van der Waals surface area contributed by atoms with Gasteiger partial charge in [-0.2, -0.15) is 0 Å². The van der Waals surface area contributed by atoms with Gasteiger partial charge in [-0.1, -0.05) is 30.2 Å². The highest BCUT2D eigenvalue weighted by Gasteiger charge is 2.22. The first-order chi connectivity index (χ1) is 8.16. The molecule has 0 saturated heterocycles. The van der Waals surface area contributed by atoms with E-state index in [2.05, 4.69) is 11.9 Å². The summed E-state index contributed by atoms with van der Waals surface area (Å²) in [6, 6.07) is 8.20. The molecule has 94 valence electrons. The zero-order chi connectivity index (χ0) is 12.3. The van der Waals surface area contributed by atoms with Crippen LogP contribution in [0.2, 0.25) is 5.02 Å². The molecule has 1 atom stereocenters. The van der Waals surface area contributed by atoms with Gasteiger partial charge in [-0.15, -0.1) is 0 Å². The SMILES string of the molecule is CN(CCC(O)c1ccc(Cl)cc1)C1CCC1. The summed E-state index contributed by atoms with van der Waals surface area (Å²) in [7, 11) is 2.15. The van der Waals surface area contributed by atoms with E-state index in [1.165, 1.54) is 19.3 Å². The summed E-state index contributed by atoms with van der Waals surface area (Å²) in [5.74, 6) is 0. The predicted octanol–water partition coefficient (Wildman–Crippen LogP) is 3.25. The van der Waals surface area contributed by atoms with Gasteiger partial charge in [0.2, 0.25) is 0 Å². The first-order valence-electron chi connectivity index (χ1n) is 6.30. The molecular weight excluding hydrogens is 234 g/mol. The lowest BCUT2D eigenvalue weighted by molar-refractivity contribution is 0.112. The number of halogens is 1. The summed E-state index contributed by atoms with van der Waals surface area (Å²) in [6.07, 6.45) is 4.39. The molecule has 1 unspecified atom stereocenters. The highest BCUT2D eigenvalue weighted by atomic mass is 35.5. The number of rotatable bonds is 5. The Labute approximate surface area is 108 Å². The molecule has 2 nitrogen and oxygen atoms in total. The summed E-state index contributed by atoms with van der Waals surface area (Å²) >= 11 is 5.82. The van der Waals surface area contributed by atoms with E-state index < -0.39 is 0 Å². The molecule has 0 amide bonds. The molecule has 1 aromatic carbocycles. The third-order valence-electron chi connectivity index (χ3n) is 3.71. The minimum Gasteiger partial charge on any atom is -0.388 e. The maximum Gasteiger partial charge on any atom is 0.0802 e. The van der Waals surface area contributed by atoms with Crippen LogP contribution in [0.15, 0.2) is 24.3 Å². The van der Waals surface area contributed by atoms with Crippen LogP contribution in [-0.4, -0.2) is 29.6 Å². The molecule has 1 N–H and O–H groups in total. The molecule has 0 aliphatic heterocycles. The Balaban J connectivity index is 1.80. The van der Waals surface area contributed by atoms with Crippen molar-refractivity contribution in [1.82, 2.24) is 4.90 Å². The van der Waals surface area contributed by atoms with Gasteiger partial charge < -0.3 is 10.0 Å². The zero-order valence-corrected chi connectivity index (χ0v) is 11.0. The van der Waals surface area contributed by atoms with Crippen molar-refractivity contribution in [2.24, 2.45) is 0 Å². The standard InChI is InChI=1S/C14H20ClNO/c1-16(13-3-2-4-13)10-9-14(17)11-5-7-12(15)8-6-11/h5-8,13-14,17H,2-4,9-10H2,1H3. The molecule has 1 aliphatic carbocycles. The lowest BCUT2D eigenvalue weighted by atomic mass is 9.91. The maximum atomic E-state index is 10.1. The third kappa shape index (κ3) is 3.44. The molecule has 0 bridgehead atoms. The number of hydrogen-bond acceptors (Lipinski definition) is 2. The molecular formula is C14H20ClNO. The van der Waals surface area contributed by atoms with Gasteiger partial charge in [-0.05, 0) is 44.0 Å². The first-order valence-corrected chi connectivity index (χ1v) is 6.68.